The Hall–Kier alpha value is -2.46. The quantitative estimate of drug-likeness (QED) is 0.524. The summed E-state index contributed by atoms with van der Waals surface area (Å²) >= 11 is 0. The summed E-state index contributed by atoms with van der Waals surface area (Å²) in [7, 11) is 0. The number of nitrogens with zero attached hydrogens (tertiary/aromatic N) is 2. The molecule has 4 rings (SSSR count). The van der Waals surface area contributed by atoms with Crippen molar-refractivity contribution < 1.29 is 0 Å². The van der Waals surface area contributed by atoms with E-state index in [0.717, 1.165) is 38.9 Å². The molecule has 0 aliphatic carbocycles. The van der Waals surface area contributed by atoms with Crippen LogP contribution in [0, 0.1) is 0 Å². The van der Waals surface area contributed by atoms with Gasteiger partial charge in [0.05, 0.1) is 11.2 Å². The highest BCUT2D eigenvalue weighted by Crippen LogP contribution is 2.33. The largest absolute Gasteiger partial charge is 0.326 e. The summed E-state index contributed by atoms with van der Waals surface area (Å²) in [5.74, 6) is 0. The number of hydrogen-bond donors (Lipinski definition) is 1. The molecule has 0 aliphatic rings. The summed E-state index contributed by atoms with van der Waals surface area (Å²) in [6, 6.07) is 22.7. The Morgan fingerprint density at radius 1 is 0.808 bits per heavy atom. The van der Waals surface area contributed by atoms with Crippen molar-refractivity contribution in [3.63, 3.8) is 0 Å². The topological polar surface area (TPSA) is 51.8 Å². The number of halogens is 2. The Morgan fingerprint density at radius 3 is 2.23 bits per heavy atom. The van der Waals surface area contributed by atoms with Crippen molar-refractivity contribution in [2.45, 2.75) is 6.54 Å². The van der Waals surface area contributed by atoms with Gasteiger partial charge in [-0.15, -0.1) is 24.8 Å². The minimum Gasteiger partial charge on any atom is -0.326 e. The maximum Gasteiger partial charge on any atom is 0.0788 e. The van der Waals surface area contributed by atoms with Crippen molar-refractivity contribution in [2.75, 3.05) is 0 Å². The van der Waals surface area contributed by atoms with Crippen molar-refractivity contribution >= 4 is 35.7 Å². The number of hydrogen-bond acceptors (Lipinski definition) is 3. The summed E-state index contributed by atoms with van der Waals surface area (Å²) in [4.78, 5) is 9.12. The standard InChI is InChI=1S/C21H17N3.2ClH/c22-13-15-6-8-17(9-7-15)21-19(16-4-2-1-3-5-16)12-18-14-23-11-10-20(18)24-21;;/h1-12,14H,13,22H2;2*1H. The number of aromatic nitrogens is 2. The lowest BCUT2D eigenvalue weighted by Gasteiger charge is -2.12. The summed E-state index contributed by atoms with van der Waals surface area (Å²) in [6.45, 7) is 0.544. The van der Waals surface area contributed by atoms with Crippen LogP contribution in [0.15, 0.2) is 79.1 Å². The second kappa shape index (κ2) is 8.77. The van der Waals surface area contributed by atoms with E-state index in [2.05, 4.69) is 47.4 Å². The zero-order valence-electron chi connectivity index (χ0n) is 14.0. The van der Waals surface area contributed by atoms with Crippen LogP contribution in [0.25, 0.3) is 33.3 Å². The van der Waals surface area contributed by atoms with Gasteiger partial charge in [0.2, 0.25) is 0 Å². The molecule has 0 atom stereocenters. The molecule has 0 aliphatic heterocycles. The van der Waals surface area contributed by atoms with Crippen LogP contribution in [0.4, 0.5) is 0 Å². The molecule has 2 aromatic heterocycles. The Bertz CT molecular complexity index is 987. The molecule has 0 spiro atoms. The molecule has 0 radical (unpaired) electrons. The second-order valence-corrected chi connectivity index (χ2v) is 5.72. The second-order valence-electron chi connectivity index (χ2n) is 5.72. The van der Waals surface area contributed by atoms with Crippen molar-refractivity contribution in [2.24, 2.45) is 5.73 Å². The molecule has 26 heavy (non-hydrogen) atoms. The molecule has 0 saturated heterocycles. The highest BCUT2D eigenvalue weighted by Gasteiger charge is 2.11. The molecule has 0 saturated carbocycles. The van der Waals surface area contributed by atoms with Gasteiger partial charge in [0.1, 0.15) is 0 Å². The first-order chi connectivity index (χ1) is 11.8. The van der Waals surface area contributed by atoms with Crippen molar-refractivity contribution in [3.8, 4) is 22.4 Å². The van der Waals surface area contributed by atoms with E-state index in [4.69, 9.17) is 10.7 Å². The van der Waals surface area contributed by atoms with Gasteiger partial charge in [-0.2, -0.15) is 0 Å². The third-order valence-corrected chi connectivity index (χ3v) is 4.16. The summed E-state index contributed by atoms with van der Waals surface area (Å²) in [5, 5.41) is 1.04. The number of fused-ring (bicyclic) bond motifs is 1. The molecular weight excluding hydrogens is 365 g/mol. The molecular formula is C21H19Cl2N3. The van der Waals surface area contributed by atoms with Gasteiger partial charge < -0.3 is 5.73 Å². The molecule has 0 bridgehead atoms. The van der Waals surface area contributed by atoms with E-state index in [0.29, 0.717) is 6.54 Å². The van der Waals surface area contributed by atoms with Crippen molar-refractivity contribution in [1.29, 1.82) is 0 Å². The van der Waals surface area contributed by atoms with Crippen LogP contribution in [-0.2, 0) is 6.54 Å². The van der Waals surface area contributed by atoms with Crippen molar-refractivity contribution in [3.05, 3.63) is 84.7 Å². The third-order valence-electron chi connectivity index (χ3n) is 4.16. The lowest BCUT2D eigenvalue weighted by Crippen LogP contribution is -1.96. The third kappa shape index (κ3) is 3.86. The molecule has 0 fully saturated rings. The Kier molecular flexibility index (Phi) is 6.70. The summed E-state index contributed by atoms with van der Waals surface area (Å²) in [6.07, 6.45) is 3.63. The fourth-order valence-electron chi connectivity index (χ4n) is 2.87. The first kappa shape index (κ1) is 19.9. The van der Waals surface area contributed by atoms with Crippen LogP contribution in [0.3, 0.4) is 0 Å². The summed E-state index contributed by atoms with van der Waals surface area (Å²) in [5.41, 5.74) is 12.1. The normalized spacial score (nSPS) is 10.0. The van der Waals surface area contributed by atoms with Crippen LogP contribution in [0.1, 0.15) is 5.56 Å². The van der Waals surface area contributed by atoms with Gasteiger partial charge in [-0.05, 0) is 23.3 Å². The predicted octanol–water partition coefficient (Wildman–Crippen LogP) is 5.27. The monoisotopic (exact) mass is 383 g/mol. The Balaban J connectivity index is 0.00000121. The number of pyridine rings is 2. The van der Waals surface area contributed by atoms with Gasteiger partial charge in [0, 0.05) is 35.5 Å². The predicted molar refractivity (Wildman–Crippen MR) is 113 cm³/mol. The molecule has 3 nitrogen and oxygen atoms in total. The lowest BCUT2D eigenvalue weighted by atomic mass is 9.97. The van der Waals surface area contributed by atoms with E-state index < -0.39 is 0 Å². The average molecular weight is 384 g/mol. The van der Waals surface area contributed by atoms with Gasteiger partial charge in [-0.1, -0.05) is 54.6 Å². The zero-order valence-corrected chi connectivity index (χ0v) is 15.6. The summed E-state index contributed by atoms with van der Waals surface area (Å²) < 4.78 is 0. The first-order valence-corrected chi connectivity index (χ1v) is 7.95. The number of rotatable bonds is 3. The maximum absolute atomic E-state index is 5.71. The maximum atomic E-state index is 5.71. The van der Waals surface area contributed by atoms with E-state index in [-0.39, 0.29) is 24.8 Å². The van der Waals surface area contributed by atoms with Crippen LogP contribution >= 0.6 is 24.8 Å². The van der Waals surface area contributed by atoms with Crippen LogP contribution in [0.2, 0.25) is 0 Å². The molecule has 132 valence electrons. The van der Waals surface area contributed by atoms with E-state index in [9.17, 15) is 0 Å². The highest BCUT2D eigenvalue weighted by molar-refractivity contribution is 5.91. The fraction of sp³-hybridized carbons (Fsp3) is 0.0476. The highest BCUT2D eigenvalue weighted by atomic mass is 35.5. The number of nitrogens with two attached hydrogens (primary N) is 1. The molecule has 5 heteroatoms. The molecule has 0 unspecified atom stereocenters. The van der Waals surface area contributed by atoms with Crippen LogP contribution < -0.4 is 5.73 Å². The van der Waals surface area contributed by atoms with Crippen LogP contribution in [-0.4, -0.2) is 9.97 Å². The van der Waals surface area contributed by atoms with Gasteiger partial charge in [0.15, 0.2) is 0 Å². The van der Waals surface area contributed by atoms with Crippen molar-refractivity contribution in [1.82, 2.24) is 9.97 Å². The molecule has 0 amide bonds. The average Bonchev–Trinajstić information content (AvgIpc) is 2.68. The number of benzene rings is 2. The smallest absolute Gasteiger partial charge is 0.0788 e. The molecule has 2 heterocycles. The van der Waals surface area contributed by atoms with Gasteiger partial charge >= 0.3 is 0 Å². The molecule has 2 N–H and O–H groups in total. The Labute approximate surface area is 165 Å². The molecule has 2 aromatic carbocycles. The van der Waals surface area contributed by atoms with E-state index in [1.165, 1.54) is 0 Å². The van der Waals surface area contributed by atoms with Gasteiger partial charge in [0.25, 0.3) is 0 Å². The van der Waals surface area contributed by atoms with Gasteiger partial charge in [-0.3, -0.25) is 4.98 Å². The first-order valence-electron chi connectivity index (χ1n) is 7.95. The minimum atomic E-state index is 0. The van der Waals surface area contributed by atoms with Gasteiger partial charge in [-0.25, -0.2) is 4.98 Å². The van der Waals surface area contributed by atoms with E-state index in [1.807, 2.05) is 30.5 Å². The zero-order chi connectivity index (χ0) is 16.4. The molecule has 4 aromatic rings. The SMILES string of the molecule is Cl.Cl.NCc1ccc(-c2nc3ccncc3cc2-c2ccccc2)cc1. The fourth-order valence-corrected chi connectivity index (χ4v) is 2.87. The minimum absolute atomic E-state index is 0. The lowest BCUT2D eigenvalue weighted by molar-refractivity contribution is 1.07. The van der Waals surface area contributed by atoms with E-state index >= 15 is 0 Å². The van der Waals surface area contributed by atoms with Crippen LogP contribution in [0.5, 0.6) is 0 Å². The van der Waals surface area contributed by atoms with E-state index in [1.54, 1.807) is 6.20 Å². The Morgan fingerprint density at radius 2 is 1.54 bits per heavy atom.